The molecule has 0 rings (SSSR count). The monoisotopic (exact) mass is 300 g/mol. The maximum atomic E-state index is 12.0. The Balaban J connectivity index is 4.13. The third-order valence-electron chi connectivity index (χ3n) is 3.65. The molecule has 0 aliphatic rings. The maximum Gasteiger partial charge on any atom is 0.331 e. The lowest BCUT2D eigenvalue weighted by Crippen LogP contribution is -2.55. The van der Waals surface area contributed by atoms with Crippen LogP contribution < -0.4 is 11.5 Å². The molecule has 6 heteroatoms. The molecule has 1 unspecified atom stereocenters. The van der Waals surface area contributed by atoms with Gasteiger partial charge in [-0.3, -0.25) is 9.59 Å². The number of primary amides is 1. The Morgan fingerprint density at radius 1 is 0.952 bits per heavy atom. The van der Waals surface area contributed by atoms with E-state index in [2.05, 4.69) is 6.92 Å². The molecule has 21 heavy (non-hydrogen) atoms. The van der Waals surface area contributed by atoms with Crippen molar-refractivity contribution in [3.05, 3.63) is 0 Å². The number of hydrogen-bond acceptors (Lipinski definition) is 4. The van der Waals surface area contributed by atoms with Gasteiger partial charge in [-0.25, -0.2) is 4.79 Å². The Labute approximate surface area is 126 Å². The number of carboxylic acids is 1. The highest BCUT2D eigenvalue weighted by Crippen LogP contribution is 2.17. The summed E-state index contributed by atoms with van der Waals surface area (Å²) in [7, 11) is 0. The van der Waals surface area contributed by atoms with Crippen molar-refractivity contribution in [2.24, 2.45) is 11.5 Å². The number of carbonyl (C=O) groups is 3. The summed E-state index contributed by atoms with van der Waals surface area (Å²) in [4.78, 5) is 33.9. The van der Waals surface area contributed by atoms with Gasteiger partial charge in [0.05, 0.1) is 0 Å². The highest BCUT2D eigenvalue weighted by Gasteiger charge is 2.41. The van der Waals surface area contributed by atoms with E-state index in [1.807, 2.05) is 0 Å². The Morgan fingerprint density at radius 3 is 1.95 bits per heavy atom. The van der Waals surface area contributed by atoms with Crippen LogP contribution in [0.1, 0.15) is 71.1 Å². The predicted molar refractivity (Wildman–Crippen MR) is 80.6 cm³/mol. The Kier molecular flexibility index (Phi) is 9.62. The smallest absolute Gasteiger partial charge is 0.331 e. The number of ketones is 1. The number of unbranched alkanes of at least 4 members (excludes halogenated alkanes) is 6. The molecule has 6 nitrogen and oxygen atoms in total. The average molecular weight is 300 g/mol. The van der Waals surface area contributed by atoms with Crippen LogP contribution in [0.2, 0.25) is 0 Å². The van der Waals surface area contributed by atoms with Crippen molar-refractivity contribution >= 4 is 17.7 Å². The lowest BCUT2D eigenvalue weighted by Gasteiger charge is -2.22. The first kappa shape index (κ1) is 19.6. The predicted octanol–water partition coefficient (Wildman–Crippen LogP) is 1.74. The first-order valence-corrected chi connectivity index (χ1v) is 7.68. The molecule has 0 aliphatic heterocycles. The fraction of sp³-hybridized carbons (Fsp3) is 0.800. The molecule has 0 radical (unpaired) electrons. The number of nitrogens with two attached hydrogens (primary N) is 2. The third kappa shape index (κ3) is 7.80. The van der Waals surface area contributed by atoms with E-state index in [9.17, 15) is 14.4 Å². The molecule has 0 heterocycles. The molecular formula is C15H28N2O4. The minimum Gasteiger partial charge on any atom is -0.480 e. The number of hydrogen-bond donors (Lipinski definition) is 3. The lowest BCUT2D eigenvalue weighted by atomic mass is 9.87. The summed E-state index contributed by atoms with van der Waals surface area (Å²) in [6.07, 6.45) is 6.99. The van der Waals surface area contributed by atoms with Crippen molar-refractivity contribution in [2.75, 3.05) is 0 Å². The standard InChI is InChI=1S/C15H28N2O4/c1-2-3-4-5-6-7-8-9-12(18)15(17,14(20)21)11-10-13(16)19/h2-11,17H2,1H3,(H2,16,19)(H,20,21). The molecule has 1 amide bonds. The van der Waals surface area contributed by atoms with Gasteiger partial charge < -0.3 is 16.6 Å². The molecule has 0 aliphatic carbocycles. The second-order valence-corrected chi connectivity index (χ2v) is 5.54. The van der Waals surface area contributed by atoms with E-state index in [-0.39, 0.29) is 19.3 Å². The number of carbonyl (C=O) groups excluding carboxylic acids is 2. The third-order valence-corrected chi connectivity index (χ3v) is 3.65. The summed E-state index contributed by atoms with van der Waals surface area (Å²) in [6.45, 7) is 2.15. The Morgan fingerprint density at radius 2 is 1.48 bits per heavy atom. The van der Waals surface area contributed by atoms with E-state index in [1.165, 1.54) is 19.3 Å². The molecule has 0 spiro atoms. The van der Waals surface area contributed by atoms with Crippen LogP contribution in [0.5, 0.6) is 0 Å². The summed E-state index contributed by atoms with van der Waals surface area (Å²) in [5.41, 5.74) is 8.65. The minimum atomic E-state index is -1.99. The Hall–Kier alpha value is -1.43. The fourth-order valence-electron chi connectivity index (χ4n) is 2.15. The van der Waals surface area contributed by atoms with E-state index in [0.717, 1.165) is 19.3 Å². The van der Waals surface area contributed by atoms with Gasteiger partial charge in [0.25, 0.3) is 0 Å². The second kappa shape index (κ2) is 10.3. The van der Waals surface area contributed by atoms with E-state index < -0.39 is 23.2 Å². The summed E-state index contributed by atoms with van der Waals surface area (Å²) in [6, 6.07) is 0. The van der Waals surface area contributed by atoms with Gasteiger partial charge in [-0.05, 0) is 12.8 Å². The van der Waals surface area contributed by atoms with E-state index in [0.29, 0.717) is 6.42 Å². The van der Waals surface area contributed by atoms with Crippen LogP contribution in [0.25, 0.3) is 0 Å². The first-order valence-electron chi connectivity index (χ1n) is 7.68. The average Bonchev–Trinajstić information content (AvgIpc) is 2.43. The molecule has 5 N–H and O–H groups in total. The summed E-state index contributed by atoms with van der Waals surface area (Å²) in [5, 5.41) is 9.12. The Bertz CT molecular complexity index is 358. The summed E-state index contributed by atoms with van der Waals surface area (Å²) in [5.74, 6) is -2.57. The molecule has 0 aromatic rings. The van der Waals surface area contributed by atoms with Crippen LogP contribution in [0.15, 0.2) is 0 Å². The van der Waals surface area contributed by atoms with Crippen LogP contribution in [0.3, 0.4) is 0 Å². The quantitative estimate of drug-likeness (QED) is 0.353. The molecule has 122 valence electrons. The number of rotatable bonds is 13. The maximum absolute atomic E-state index is 12.0. The van der Waals surface area contributed by atoms with E-state index in [1.54, 1.807) is 0 Å². The summed E-state index contributed by atoms with van der Waals surface area (Å²) < 4.78 is 0. The largest absolute Gasteiger partial charge is 0.480 e. The fourth-order valence-corrected chi connectivity index (χ4v) is 2.15. The highest BCUT2D eigenvalue weighted by molar-refractivity contribution is 6.07. The van der Waals surface area contributed by atoms with Crippen molar-refractivity contribution in [1.29, 1.82) is 0 Å². The van der Waals surface area contributed by atoms with Crippen LogP contribution in [-0.4, -0.2) is 28.3 Å². The van der Waals surface area contributed by atoms with Gasteiger partial charge in [-0.15, -0.1) is 0 Å². The van der Waals surface area contributed by atoms with Crippen molar-refractivity contribution in [1.82, 2.24) is 0 Å². The van der Waals surface area contributed by atoms with Crippen LogP contribution in [-0.2, 0) is 14.4 Å². The minimum absolute atomic E-state index is 0.134. The van der Waals surface area contributed by atoms with Crippen LogP contribution in [0.4, 0.5) is 0 Å². The topological polar surface area (TPSA) is 123 Å². The molecular weight excluding hydrogens is 272 g/mol. The molecule has 0 bridgehead atoms. The van der Waals surface area contributed by atoms with Crippen LogP contribution in [0, 0.1) is 0 Å². The number of Topliss-reactive ketones (excluding diaryl/α,β-unsaturated/α-hetero) is 1. The van der Waals surface area contributed by atoms with Crippen molar-refractivity contribution in [2.45, 2.75) is 76.7 Å². The lowest BCUT2D eigenvalue weighted by molar-refractivity contribution is -0.148. The van der Waals surface area contributed by atoms with Crippen molar-refractivity contribution in [3.8, 4) is 0 Å². The molecule has 1 atom stereocenters. The van der Waals surface area contributed by atoms with Gasteiger partial charge >= 0.3 is 5.97 Å². The van der Waals surface area contributed by atoms with Gasteiger partial charge in [0.1, 0.15) is 0 Å². The van der Waals surface area contributed by atoms with Crippen molar-refractivity contribution < 1.29 is 19.5 Å². The first-order chi connectivity index (χ1) is 9.84. The number of carboxylic acid groups (broad SMARTS) is 1. The summed E-state index contributed by atoms with van der Waals surface area (Å²) >= 11 is 0. The highest BCUT2D eigenvalue weighted by atomic mass is 16.4. The zero-order valence-corrected chi connectivity index (χ0v) is 12.9. The number of aliphatic carboxylic acids is 1. The van der Waals surface area contributed by atoms with E-state index in [4.69, 9.17) is 16.6 Å². The van der Waals surface area contributed by atoms with Gasteiger partial charge in [0, 0.05) is 12.8 Å². The molecule has 0 aromatic carbocycles. The molecule has 0 saturated carbocycles. The zero-order valence-electron chi connectivity index (χ0n) is 12.9. The SMILES string of the molecule is CCCCCCCCCC(=O)C(N)(CCC(N)=O)C(=O)O. The molecule has 0 aromatic heterocycles. The molecule has 0 fully saturated rings. The molecule has 0 saturated heterocycles. The zero-order chi connectivity index (χ0) is 16.3. The number of amides is 1. The van der Waals surface area contributed by atoms with Gasteiger partial charge in [0.15, 0.2) is 11.3 Å². The normalized spacial score (nSPS) is 13.6. The van der Waals surface area contributed by atoms with Crippen LogP contribution >= 0.6 is 0 Å². The van der Waals surface area contributed by atoms with Crippen molar-refractivity contribution in [3.63, 3.8) is 0 Å². The van der Waals surface area contributed by atoms with Gasteiger partial charge in [-0.2, -0.15) is 0 Å². The van der Waals surface area contributed by atoms with Gasteiger partial charge in [-0.1, -0.05) is 45.4 Å². The second-order valence-electron chi connectivity index (χ2n) is 5.54. The van der Waals surface area contributed by atoms with Gasteiger partial charge in [0.2, 0.25) is 5.91 Å². The van der Waals surface area contributed by atoms with E-state index >= 15 is 0 Å².